The zero-order valence-corrected chi connectivity index (χ0v) is 10.3. The molecule has 20 heavy (non-hydrogen) atoms. The average molecular weight is 263 g/mol. The van der Waals surface area contributed by atoms with Crippen molar-refractivity contribution in [2.24, 2.45) is 0 Å². The van der Waals surface area contributed by atoms with Gasteiger partial charge in [0.2, 0.25) is 0 Å². The van der Waals surface area contributed by atoms with Crippen LogP contribution in [0.25, 0.3) is 32.4 Å². The maximum Gasteiger partial charge on any atom is 0.336 e. The largest absolute Gasteiger partial charge is 0.478 e. The second kappa shape index (κ2) is 3.77. The summed E-state index contributed by atoms with van der Waals surface area (Å²) in [6.45, 7) is 0. The van der Waals surface area contributed by atoms with Crippen LogP contribution in [-0.4, -0.2) is 26.5 Å². The summed E-state index contributed by atoms with van der Waals surface area (Å²) in [4.78, 5) is 11.4. The molecular weight excluding hydrogens is 254 g/mol. The molecule has 96 valence electrons. The number of aromatic nitrogens is 3. The van der Waals surface area contributed by atoms with Crippen LogP contribution < -0.4 is 0 Å². The van der Waals surface area contributed by atoms with Gasteiger partial charge in [-0.25, -0.2) is 4.79 Å². The number of nitrogens with one attached hydrogen (secondary N) is 1. The maximum atomic E-state index is 11.4. The van der Waals surface area contributed by atoms with Crippen molar-refractivity contribution in [2.45, 2.75) is 0 Å². The Bertz CT molecular complexity index is 988. The molecule has 2 N–H and O–H groups in total. The second-order valence-corrected chi connectivity index (χ2v) is 4.63. The summed E-state index contributed by atoms with van der Waals surface area (Å²) in [7, 11) is 0. The molecule has 4 aromatic rings. The molecule has 0 aliphatic rings. The molecule has 3 aromatic carbocycles. The molecule has 0 spiro atoms. The highest BCUT2D eigenvalue weighted by atomic mass is 16.4. The minimum atomic E-state index is -0.925. The number of hydrogen-bond acceptors (Lipinski definition) is 3. The lowest BCUT2D eigenvalue weighted by Crippen LogP contribution is -1.95. The van der Waals surface area contributed by atoms with Gasteiger partial charge in [-0.1, -0.05) is 35.5 Å². The van der Waals surface area contributed by atoms with Crippen molar-refractivity contribution in [2.75, 3.05) is 0 Å². The van der Waals surface area contributed by atoms with E-state index in [0.717, 1.165) is 32.4 Å². The number of rotatable bonds is 1. The number of hydrogen-bond donors (Lipinski definition) is 2. The van der Waals surface area contributed by atoms with E-state index in [1.54, 1.807) is 12.3 Å². The first kappa shape index (κ1) is 10.9. The molecule has 1 aromatic heterocycles. The Morgan fingerprint density at radius 2 is 1.80 bits per heavy atom. The lowest BCUT2D eigenvalue weighted by molar-refractivity contribution is 0.0699. The number of fused-ring (bicyclic) bond motifs is 6. The molecule has 0 atom stereocenters. The normalized spacial score (nSPS) is 11.4. The zero-order valence-electron chi connectivity index (χ0n) is 10.3. The number of benzene rings is 2. The summed E-state index contributed by atoms with van der Waals surface area (Å²) in [6.07, 6.45) is 1.70. The zero-order chi connectivity index (χ0) is 13.7. The highest BCUT2D eigenvalue weighted by Crippen LogP contribution is 2.36. The molecule has 0 aliphatic heterocycles. The minimum Gasteiger partial charge on any atom is -0.478 e. The number of carboxylic acid groups (broad SMARTS) is 1. The van der Waals surface area contributed by atoms with E-state index in [-0.39, 0.29) is 0 Å². The van der Waals surface area contributed by atoms with Crippen LogP contribution in [0.1, 0.15) is 10.4 Å². The van der Waals surface area contributed by atoms with Crippen molar-refractivity contribution in [3.8, 4) is 0 Å². The number of carboxylic acids is 1. The Hall–Kier alpha value is -2.95. The van der Waals surface area contributed by atoms with E-state index in [1.807, 2.05) is 30.3 Å². The van der Waals surface area contributed by atoms with Crippen LogP contribution in [0.5, 0.6) is 0 Å². The number of aromatic amines is 1. The van der Waals surface area contributed by atoms with Crippen LogP contribution in [0.2, 0.25) is 0 Å². The lowest BCUT2D eigenvalue weighted by atomic mass is 9.99. The van der Waals surface area contributed by atoms with E-state index < -0.39 is 5.97 Å². The summed E-state index contributed by atoms with van der Waals surface area (Å²) in [5.41, 5.74) is 1.12. The van der Waals surface area contributed by atoms with Crippen molar-refractivity contribution in [3.63, 3.8) is 0 Å². The first-order chi connectivity index (χ1) is 9.77. The SMILES string of the molecule is O=C(O)c1ccc2c3[nH]nncc3c3ccccc3c12. The van der Waals surface area contributed by atoms with Gasteiger partial charge < -0.3 is 5.11 Å². The molecule has 5 heteroatoms. The van der Waals surface area contributed by atoms with Gasteiger partial charge in [0.1, 0.15) is 0 Å². The topological polar surface area (TPSA) is 78.9 Å². The van der Waals surface area contributed by atoms with Crippen molar-refractivity contribution < 1.29 is 9.90 Å². The quantitative estimate of drug-likeness (QED) is 0.517. The van der Waals surface area contributed by atoms with Crippen LogP contribution in [0.4, 0.5) is 0 Å². The summed E-state index contributed by atoms with van der Waals surface area (Å²) in [6, 6.07) is 11.2. The fourth-order valence-electron chi connectivity index (χ4n) is 2.79. The molecular formula is C15H9N3O2. The van der Waals surface area contributed by atoms with Gasteiger partial charge >= 0.3 is 5.97 Å². The number of nitrogens with zero attached hydrogens (tertiary/aromatic N) is 2. The predicted octanol–water partition coefficient (Wildman–Crippen LogP) is 2.96. The van der Waals surface area contributed by atoms with Gasteiger partial charge in [-0.3, -0.25) is 5.10 Å². The fraction of sp³-hybridized carbons (Fsp3) is 0. The van der Waals surface area contributed by atoms with E-state index in [2.05, 4.69) is 15.4 Å². The standard InChI is InChI=1S/C15H9N3O2/c19-15(20)11-6-5-10-13(11)9-4-2-1-3-8(9)12-7-16-18-17-14(10)12/h1-7H,(H,16,17)(H,19,20). The van der Waals surface area contributed by atoms with Crippen molar-refractivity contribution in [3.05, 3.63) is 48.2 Å². The van der Waals surface area contributed by atoms with Gasteiger partial charge in [-0.2, -0.15) is 0 Å². The van der Waals surface area contributed by atoms with Crippen molar-refractivity contribution >= 4 is 38.4 Å². The Kier molecular flexibility index (Phi) is 2.06. The van der Waals surface area contributed by atoms with E-state index >= 15 is 0 Å². The lowest BCUT2D eigenvalue weighted by Gasteiger charge is -2.07. The minimum absolute atomic E-state index is 0.309. The van der Waals surface area contributed by atoms with Gasteiger partial charge in [-0.15, -0.1) is 5.10 Å². The molecule has 0 bridgehead atoms. The third-order valence-corrected chi connectivity index (χ3v) is 3.62. The first-order valence-electron chi connectivity index (χ1n) is 6.14. The highest BCUT2D eigenvalue weighted by Gasteiger charge is 2.16. The number of H-pyrrole nitrogens is 1. The molecule has 4 rings (SSSR count). The van der Waals surface area contributed by atoms with E-state index in [1.165, 1.54) is 0 Å². The van der Waals surface area contributed by atoms with Gasteiger partial charge in [0.15, 0.2) is 0 Å². The Morgan fingerprint density at radius 3 is 2.60 bits per heavy atom. The summed E-state index contributed by atoms with van der Waals surface area (Å²) in [5, 5.41) is 24.4. The summed E-state index contributed by atoms with van der Waals surface area (Å²) in [5.74, 6) is -0.925. The summed E-state index contributed by atoms with van der Waals surface area (Å²) >= 11 is 0. The van der Waals surface area contributed by atoms with Gasteiger partial charge in [0, 0.05) is 16.2 Å². The van der Waals surface area contributed by atoms with E-state index in [9.17, 15) is 9.90 Å². The predicted molar refractivity (Wildman–Crippen MR) is 75.9 cm³/mol. The molecule has 0 fully saturated rings. The van der Waals surface area contributed by atoms with Crippen molar-refractivity contribution in [1.29, 1.82) is 0 Å². The highest BCUT2D eigenvalue weighted by molar-refractivity contribution is 6.28. The number of aromatic carboxylic acids is 1. The van der Waals surface area contributed by atoms with Crippen molar-refractivity contribution in [1.82, 2.24) is 15.4 Å². The fourth-order valence-corrected chi connectivity index (χ4v) is 2.79. The molecule has 0 saturated carbocycles. The van der Waals surface area contributed by atoms with Crippen LogP contribution in [0.15, 0.2) is 42.6 Å². The summed E-state index contributed by atoms with van der Waals surface area (Å²) < 4.78 is 0. The average Bonchev–Trinajstić information content (AvgIpc) is 2.93. The van der Waals surface area contributed by atoms with Crippen LogP contribution in [0, 0.1) is 0 Å². The van der Waals surface area contributed by atoms with Crippen LogP contribution >= 0.6 is 0 Å². The van der Waals surface area contributed by atoms with Crippen LogP contribution in [0.3, 0.4) is 0 Å². The second-order valence-electron chi connectivity index (χ2n) is 4.63. The number of carbonyl (C=O) groups is 1. The Morgan fingerprint density at radius 1 is 1.00 bits per heavy atom. The molecule has 5 nitrogen and oxygen atoms in total. The maximum absolute atomic E-state index is 11.4. The molecule has 0 amide bonds. The molecule has 0 radical (unpaired) electrons. The van der Waals surface area contributed by atoms with Gasteiger partial charge in [-0.05, 0) is 16.8 Å². The van der Waals surface area contributed by atoms with Gasteiger partial charge in [0.05, 0.1) is 17.3 Å². The molecule has 0 unspecified atom stereocenters. The Labute approximate surface area is 112 Å². The smallest absolute Gasteiger partial charge is 0.336 e. The molecule has 0 saturated heterocycles. The molecule has 0 aliphatic carbocycles. The third-order valence-electron chi connectivity index (χ3n) is 3.62. The van der Waals surface area contributed by atoms with E-state index in [0.29, 0.717) is 5.56 Å². The third kappa shape index (κ3) is 1.29. The Balaban J connectivity index is 2.41. The molecule has 1 heterocycles. The van der Waals surface area contributed by atoms with Gasteiger partial charge in [0.25, 0.3) is 0 Å². The first-order valence-corrected chi connectivity index (χ1v) is 6.14. The monoisotopic (exact) mass is 263 g/mol. The van der Waals surface area contributed by atoms with Crippen LogP contribution in [-0.2, 0) is 0 Å². The van der Waals surface area contributed by atoms with E-state index in [4.69, 9.17) is 0 Å².